The smallest absolute Gasteiger partial charge is 0.0685 e. The van der Waals surface area contributed by atoms with Crippen molar-refractivity contribution in [2.75, 3.05) is 6.61 Å². The van der Waals surface area contributed by atoms with Gasteiger partial charge in [0.15, 0.2) is 0 Å². The molecule has 0 aromatic heterocycles. The summed E-state index contributed by atoms with van der Waals surface area (Å²) in [4.78, 5) is 0. The molecular formula is C16H30N2O. The van der Waals surface area contributed by atoms with Crippen molar-refractivity contribution >= 4 is 0 Å². The van der Waals surface area contributed by atoms with Crippen LogP contribution in [-0.2, 0) is 4.74 Å². The lowest BCUT2D eigenvalue weighted by Gasteiger charge is -2.49. The van der Waals surface area contributed by atoms with Crippen molar-refractivity contribution in [2.45, 2.75) is 82.3 Å². The van der Waals surface area contributed by atoms with Gasteiger partial charge in [0.2, 0.25) is 0 Å². The van der Waals surface area contributed by atoms with E-state index >= 15 is 0 Å². The number of ether oxygens (including phenoxy) is 1. The summed E-state index contributed by atoms with van der Waals surface area (Å²) in [6, 6.07) is 0.518. The highest BCUT2D eigenvalue weighted by Crippen LogP contribution is 2.45. The quantitative estimate of drug-likeness (QED) is 0.607. The van der Waals surface area contributed by atoms with Crippen molar-refractivity contribution < 1.29 is 4.74 Å². The molecule has 2 atom stereocenters. The molecule has 1 heterocycles. The predicted octanol–water partition coefficient (Wildman–Crippen LogP) is 3.14. The zero-order valence-electron chi connectivity index (χ0n) is 12.2. The van der Waals surface area contributed by atoms with Crippen LogP contribution in [0, 0.1) is 11.8 Å². The number of hydrazine groups is 1. The minimum absolute atomic E-state index is 0.255. The maximum Gasteiger partial charge on any atom is 0.0685 e. The van der Waals surface area contributed by atoms with Crippen molar-refractivity contribution in [3.63, 3.8) is 0 Å². The molecule has 0 radical (unpaired) electrons. The largest absolute Gasteiger partial charge is 0.375 e. The van der Waals surface area contributed by atoms with Crippen LogP contribution >= 0.6 is 0 Å². The minimum Gasteiger partial charge on any atom is -0.375 e. The second-order valence-corrected chi connectivity index (χ2v) is 7.15. The molecule has 0 aromatic rings. The van der Waals surface area contributed by atoms with Gasteiger partial charge in [-0.3, -0.25) is 11.3 Å². The molecule has 1 aliphatic heterocycles. The van der Waals surface area contributed by atoms with E-state index in [-0.39, 0.29) is 5.60 Å². The molecule has 0 amide bonds. The molecule has 1 saturated heterocycles. The van der Waals surface area contributed by atoms with E-state index in [1.807, 2.05) is 0 Å². The second-order valence-electron chi connectivity index (χ2n) is 7.15. The third-order valence-electron chi connectivity index (χ3n) is 5.89. The van der Waals surface area contributed by atoms with Gasteiger partial charge in [0.1, 0.15) is 0 Å². The number of nitrogens with two attached hydrogens (primary N) is 1. The van der Waals surface area contributed by atoms with E-state index < -0.39 is 0 Å². The summed E-state index contributed by atoms with van der Waals surface area (Å²) in [7, 11) is 0. The molecule has 0 bridgehead atoms. The van der Waals surface area contributed by atoms with Crippen LogP contribution in [0.1, 0.15) is 70.6 Å². The zero-order chi connectivity index (χ0) is 13.1. The third kappa shape index (κ3) is 3.14. The van der Waals surface area contributed by atoms with Gasteiger partial charge in [-0.1, -0.05) is 32.1 Å². The number of hydrogen-bond acceptors (Lipinski definition) is 3. The fourth-order valence-electron chi connectivity index (χ4n) is 4.51. The Morgan fingerprint density at radius 2 is 1.89 bits per heavy atom. The van der Waals surface area contributed by atoms with Crippen molar-refractivity contribution in [3.8, 4) is 0 Å². The number of hydrogen-bond donors (Lipinski definition) is 2. The monoisotopic (exact) mass is 266 g/mol. The molecule has 0 aromatic carbocycles. The summed E-state index contributed by atoms with van der Waals surface area (Å²) in [5.41, 5.74) is 3.40. The SMILES string of the molecule is NNC(CC1CCCCC1)C1CCOC2(CCC2)C1. The molecule has 2 aliphatic carbocycles. The Morgan fingerprint density at radius 3 is 2.53 bits per heavy atom. The van der Waals surface area contributed by atoms with Crippen molar-refractivity contribution in [2.24, 2.45) is 17.7 Å². The van der Waals surface area contributed by atoms with E-state index in [0.717, 1.165) is 18.4 Å². The molecule has 19 heavy (non-hydrogen) atoms. The van der Waals surface area contributed by atoms with Crippen LogP contribution in [0.5, 0.6) is 0 Å². The third-order valence-corrected chi connectivity index (χ3v) is 5.89. The van der Waals surface area contributed by atoms with Crippen molar-refractivity contribution in [1.82, 2.24) is 5.43 Å². The predicted molar refractivity (Wildman–Crippen MR) is 77.6 cm³/mol. The Kier molecular flexibility index (Phi) is 4.45. The molecule has 110 valence electrons. The summed E-state index contributed by atoms with van der Waals surface area (Å²) in [6.45, 7) is 0.952. The van der Waals surface area contributed by atoms with E-state index in [1.54, 1.807) is 0 Å². The van der Waals surface area contributed by atoms with Crippen LogP contribution in [0.3, 0.4) is 0 Å². The lowest BCUT2D eigenvalue weighted by molar-refractivity contribution is -0.147. The highest BCUT2D eigenvalue weighted by atomic mass is 16.5. The summed E-state index contributed by atoms with van der Waals surface area (Å²) in [6.07, 6.45) is 14.8. The van der Waals surface area contributed by atoms with Gasteiger partial charge in [0.25, 0.3) is 0 Å². The fraction of sp³-hybridized carbons (Fsp3) is 1.00. The lowest BCUT2D eigenvalue weighted by Crippen LogP contribution is -2.52. The van der Waals surface area contributed by atoms with Crippen molar-refractivity contribution in [1.29, 1.82) is 0 Å². The van der Waals surface area contributed by atoms with Crippen molar-refractivity contribution in [3.05, 3.63) is 0 Å². The van der Waals surface area contributed by atoms with Crippen LogP contribution in [0.2, 0.25) is 0 Å². The molecule has 2 unspecified atom stereocenters. The van der Waals surface area contributed by atoms with Gasteiger partial charge in [-0.2, -0.15) is 0 Å². The molecule has 3 rings (SSSR count). The standard InChI is InChI=1S/C16H30N2O/c17-18-15(11-13-5-2-1-3-6-13)14-7-10-19-16(12-14)8-4-9-16/h13-15,18H,1-12,17H2. The van der Waals surface area contributed by atoms with Gasteiger partial charge in [0.05, 0.1) is 5.60 Å². The van der Waals surface area contributed by atoms with E-state index in [1.165, 1.54) is 70.6 Å². The van der Waals surface area contributed by atoms with E-state index in [0.29, 0.717) is 6.04 Å². The first-order valence-corrected chi connectivity index (χ1v) is 8.41. The second kappa shape index (κ2) is 6.11. The molecule has 3 N–H and O–H groups in total. The Balaban J connectivity index is 1.54. The molecule has 2 saturated carbocycles. The van der Waals surface area contributed by atoms with E-state index in [4.69, 9.17) is 10.6 Å². The van der Waals surface area contributed by atoms with Gasteiger partial charge >= 0.3 is 0 Å². The highest BCUT2D eigenvalue weighted by molar-refractivity contribution is 4.96. The van der Waals surface area contributed by atoms with E-state index in [9.17, 15) is 0 Å². The number of rotatable bonds is 4. The average molecular weight is 266 g/mol. The van der Waals surface area contributed by atoms with E-state index in [2.05, 4.69) is 5.43 Å². The van der Waals surface area contributed by atoms with Gasteiger partial charge < -0.3 is 4.74 Å². The van der Waals surface area contributed by atoms with Crippen LogP contribution in [0.4, 0.5) is 0 Å². The molecule has 1 spiro atoms. The molecule has 3 aliphatic rings. The van der Waals surface area contributed by atoms with Gasteiger partial charge in [-0.25, -0.2) is 0 Å². The lowest BCUT2D eigenvalue weighted by atomic mass is 9.69. The summed E-state index contributed by atoms with van der Waals surface area (Å²) in [5, 5.41) is 0. The first kappa shape index (κ1) is 13.8. The van der Waals surface area contributed by atoms with Crippen LogP contribution in [0.25, 0.3) is 0 Å². The summed E-state index contributed by atoms with van der Waals surface area (Å²) < 4.78 is 6.05. The average Bonchev–Trinajstić information content (AvgIpc) is 2.44. The number of nitrogens with one attached hydrogen (secondary N) is 1. The maximum absolute atomic E-state index is 6.05. The van der Waals surface area contributed by atoms with Gasteiger partial charge in [-0.15, -0.1) is 0 Å². The normalized spacial score (nSPS) is 33.0. The molecular weight excluding hydrogens is 236 g/mol. The van der Waals surface area contributed by atoms with Gasteiger partial charge in [-0.05, 0) is 50.4 Å². The Bertz CT molecular complexity index is 284. The Hall–Kier alpha value is -0.120. The Morgan fingerprint density at radius 1 is 1.11 bits per heavy atom. The highest BCUT2D eigenvalue weighted by Gasteiger charge is 2.44. The minimum atomic E-state index is 0.255. The first-order chi connectivity index (χ1) is 9.31. The molecule has 3 nitrogen and oxygen atoms in total. The first-order valence-electron chi connectivity index (χ1n) is 8.41. The van der Waals surface area contributed by atoms with Crippen LogP contribution in [0.15, 0.2) is 0 Å². The summed E-state index contributed by atoms with van der Waals surface area (Å²) in [5.74, 6) is 7.53. The fourth-order valence-corrected chi connectivity index (χ4v) is 4.51. The maximum atomic E-state index is 6.05. The molecule has 3 heteroatoms. The summed E-state index contributed by atoms with van der Waals surface area (Å²) >= 11 is 0. The van der Waals surface area contributed by atoms with Gasteiger partial charge in [0, 0.05) is 12.6 Å². The molecule has 3 fully saturated rings. The Labute approximate surface area is 117 Å². The topological polar surface area (TPSA) is 47.3 Å². The zero-order valence-corrected chi connectivity index (χ0v) is 12.2. The van der Waals surface area contributed by atoms with Crippen LogP contribution < -0.4 is 11.3 Å². The van der Waals surface area contributed by atoms with Crippen LogP contribution in [-0.4, -0.2) is 18.2 Å².